The van der Waals surface area contributed by atoms with E-state index >= 15 is 0 Å². The molecule has 0 spiro atoms. The predicted octanol–water partition coefficient (Wildman–Crippen LogP) is 3.41. The van der Waals surface area contributed by atoms with Crippen molar-refractivity contribution < 1.29 is 23.9 Å². The van der Waals surface area contributed by atoms with E-state index in [1.54, 1.807) is 13.0 Å². The first-order valence-electron chi connectivity index (χ1n) is 7.80. The molecule has 6 nitrogen and oxygen atoms in total. The minimum absolute atomic E-state index is 0.000402. The van der Waals surface area contributed by atoms with Crippen LogP contribution < -0.4 is 10.1 Å². The van der Waals surface area contributed by atoms with E-state index < -0.39 is 11.9 Å². The lowest BCUT2D eigenvalue weighted by Crippen LogP contribution is -2.12. The van der Waals surface area contributed by atoms with Crippen molar-refractivity contribution in [2.45, 2.75) is 19.8 Å². The fraction of sp³-hybridized carbons (Fsp3) is 0.278. The van der Waals surface area contributed by atoms with Gasteiger partial charge in [-0.05, 0) is 55.7 Å². The summed E-state index contributed by atoms with van der Waals surface area (Å²) >= 11 is 1.19. The number of esters is 2. The summed E-state index contributed by atoms with van der Waals surface area (Å²) in [6.07, 6.45) is 1.85. The summed E-state index contributed by atoms with van der Waals surface area (Å²) in [5.41, 5.74) is 1.12. The Bertz CT molecular complexity index is 820. The van der Waals surface area contributed by atoms with Crippen LogP contribution in [0.4, 0.5) is 5.00 Å². The number of rotatable bonds is 5. The summed E-state index contributed by atoms with van der Waals surface area (Å²) in [6.45, 7) is 1.79. The van der Waals surface area contributed by atoms with Crippen LogP contribution in [-0.4, -0.2) is 25.0 Å². The van der Waals surface area contributed by atoms with Crippen molar-refractivity contribution in [3.8, 4) is 5.75 Å². The molecule has 25 heavy (non-hydrogen) atoms. The number of aryl methyl sites for hydroxylation is 1. The molecular weight excluding hydrogens is 342 g/mol. The van der Waals surface area contributed by atoms with E-state index in [2.05, 4.69) is 10.1 Å². The zero-order valence-corrected chi connectivity index (χ0v) is 14.6. The van der Waals surface area contributed by atoms with Crippen molar-refractivity contribution in [2.24, 2.45) is 5.92 Å². The molecule has 1 amide bonds. The standard InChI is InChI=1S/C18H17NO5S/c1-10-9-14(19-16(20)11-3-4-11)25-15(10)18(22)24-13-7-5-12(6-8-13)17(21)23-2/h5-9,11H,3-4H2,1-2H3,(H,19,20). The molecule has 0 bridgehead atoms. The second-order valence-electron chi connectivity index (χ2n) is 5.79. The quantitative estimate of drug-likeness (QED) is 0.653. The van der Waals surface area contributed by atoms with Crippen LogP contribution in [0.2, 0.25) is 0 Å². The zero-order valence-electron chi connectivity index (χ0n) is 13.8. The fourth-order valence-electron chi connectivity index (χ4n) is 2.25. The highest BCUT2D eigenvalue weighted by Gasteiger charge is 2.30. The Morgan fingerprint density at radius 3 is 2.40 bits per heavy atom. The van der Waals surface area contributed by atoms with E-state index in [1.165, 1.54) is 42.7 Å². The van der Waals surface area contributed by atoms with Gasteiger partial charge in [-0.1, -0.05) is 0 Å². The molecule has 1 N–H and O–H groups in total. The first-order chi connectivity index (χ1) is 12.0. The van der Waals surface area contributed by atoms with Crippen molar-refractivity contribution in [2.75, 3.05) is 12.4 Å². The van der Waals surface area contributed by atoms with Crippen LogP contribution in [0, 0.1) is 12.8 Å². The molecule has 0 atom stereocenters. The van der Waals surface area contributed by atoms with Gasteiger partial charge in [0.2, 0.25) is 5.91 Å². The lowest BCUT2D eigenvalue weighted by molar-refractivity contribution is -0.117. The molecule has 1 aliphatic rings. The van der Waals surface area contributed by atoms with Gasteiger partial charge < -0.3 is 14.8 Å². The van der Waals surface area contributed by atoms with Gasteiger partial charge in [0.15, 0.2) is 0 Å². The number of hydrogen-bond donors (Lipinski definition) is 1. The van der Waals surface area contributed by atoms with Crippen LogP contribution >= 0.6 is 11.3 Å². The Balaban J connectivity index is 1.67. The molecule has 0 saturated heterocycles. The van der Waals surface area contributed by atoms with Crippen molar-refractivity contribution in [1.82, 2.24) is 0 Å². The molecule has 1 heterocycles. The predicted molar refractivity (Wildman–Crippen MR) is 93.1 cm³/mol. The highest BCUT2D eigenvalue weighted by atomic mass is 32.1. The largest absolute Gasteiger partial charge is 0.465 e. The molecule has 0 radical (unpaired) electrons. The van der Waals surface area contributed by atoms with Gasteiger partial charge in [0.25, 0.3) is 0 Å². The third-order valence-electron chi connectivity index (χ3n) is 3.78. The number of hydrogen-bond acceptors (Lipinski definition) is 6. The van der Waals surface area contributed by atoms with Crippen LogP contribution in [0.15, 0.2) is 30.3 Å². The lowest BCUT2D eigenvalue weighted by atomic mass is 10.2. The second kappa shape index (κ2) is 7.06. The maximum Gasteiger partial charge on any atom is 0.354 e. The highest BCUT2D eigenvalue weighted by Crippen LogP contribution is 2.33. The van der Waals surface area contributed by atoms with E-state index in [-0.39, 0.29) is 11.8 Å². The smallest absolute Gasteiger partial charge is 0.354 e. The third kappa shape index (κ3) is 4.06. The number of anilines is 1. The van der Waals surface area contributed by atoms with Gasteiger partial charge in [-0.15, -0.1) is 11.3 Å². The Labute approximate surface area is 148 Å². The molecule has 1 aromatic heterocycles. The lowest BCUT2D eigenvalue weighted by Gasteiger charge is -2.04. The zero-order chi connectivity index (χ0) is 18.0. The minimum Gasteiger partial charge on any atom is -0.465 e. The molecule has 1 aromatic carbocycles. The van der Waals surface area contributed by atoms with Crippen molar-refractivity contribution in [3.05, 3.63) is 46.3 Å². The van der Waals surface area contributed by atoms with Crippen LogP contribution in [-0.2, 0) is 9.53 Å². The number of carbonyl (C=O) groups is 3. The van der Waals surface area contributed by atoms with Crippen LogP contribution in [0.1, 0.15) is 38.4 Å². The molecule has 1 aliphatic carbocycles. The summed E-state index contributed by atoms with van der Waals surface area (Å²) in [7, 11) is 1.30. The number of amides is 1. The number of ether oxygens (including phenoxy) is 2. The number of benzene rings is 1. The second-order valence-corrected chi connectivity index (χ2v) is 6.84. The van der Waals surface area contributed by atoms with Gasteiger partial charge in [-0.3, -0.25) is 4.79 Å². The Hall–Kier alpha value is -2.67. The first-order valence-corrected chi connectivity index (χ1v) is 8.61. The van der Waals surface area contributed by atoms with E-state index in [0.717, 1.165) is 18.4 Å². The van der Waals surface area contributed by atoms with Gasteiger partial charge in [-0.25, -0.2) is 9.59 Å². The molecule has 1 fully saturated rings. The first kappa shape index (κ1) is 17.2. The Morgan fingerprint density at radius 1 is 1.12 bits per heavy atom. The number of thiophene rings is 1. The molecule has 0 unspecified atom stereocenters. The normalized spacial score (nSPS) is 13.2. The molecule has 0 aliphatic heterocycles. The van der Waals surface area contributed by atoms with Gasteiger partial charge in [-0.2, -0.15) is 0 Å². The Morgan fingerprint density at radius 2 is 1.80 bits per heavy atom. The van der Waals surface area contributed by atoms with Gasteiger partial charge in [0, 0.05) is 5.92 Å². The number of nitrogens with one attached hydrogen (secondary N) is 1. The monoisotopic (exact) mass is 359 g/mol. The maximum absolute atomic E-state index is 12.3. The number of carbonyl (C=O) groups excluding carboxylic acids is 3. The summed E-state index contributed by atoms with van der Waals surface area (Å²) in [5, 5.41) is 3.47. The SMILES string of the molecule is COC(=O)c1ccc(OC(=O)c2sc(NC(=O)C3CC3)cc2C)cc1. The molecule has 2 aromatic rings. The van der Waals surface area contributed by atoms with Crippen LogP contribution in [0.3, 0.4) is 0 Å². The van der Waals surface area contributed by atoms with E-state index in [1.807, 2.05) is 0 Å². The molecule has 130 valence electrons. The van der Waals surface area contributed by atoms with Gasteiger partial charge in [0.1, 0.15) is 10.6 Å². The molecule has 7 heteroatoms. The fourth-order valence-corrected chi connectivity index (χ4v) is 3.20. The van der Waals surface area contributed by atoms with Crippen molar-refractivity contribution >= 4 is 34.2 Å². The summed E-state index contributed by atoms with van der Waals surface area (Å²) < 4.78 is 9.95. The molecule has 3 rings (SSSR count). The van der Waals surface area contributed by atoms with Crippen molar-refractivity contribution in [3.63, 3.8) is 0 Å². The van der Waals surface area contributed by atoms with E-state index in [9.17, 15) is 14.4 Å². The average molecular weight is 359 g/mol. The minimum atomic E-state index is -0.500. The van der Waals surface area contributed by atoms with Crippen molar-refractivity contribution in [1.29, 1.82) is 0 Å². The number of methoxy groups -OCH3 is 1. The summed E-state index contributed by atoms with van der Waals surface area (Å²) in [4.78, 5) is 36.0. The van der Waals surface area contributed by atoms with E-state index in [4.69, 9.17) is 4.74 Å². The maximum atomic E-state index is 12.3. The highest BCUT2D eigenvalue weighted by molar-refractivity contribution is 7.18. The van der Waals surface area contributed by atoms with Crippen LogP contribution in [0.5, 0.6) is 5.75 Å². The van der Waals surface area contributed by atoms with E-state index in [0.29, 0.717) is 21.2 Å². The topological polar surface area (TPSA) is 81.7 Å². The van der Waals surface area contributed by atoms with Gasteiger partial charge >= 0.3 is 11.9 Å². The third-order valence-corrected chi connectivity index (χ3v) is 4.92. The Kier molecular flexibility index (Phi) is 4.85. The molecular formula is C18H17NO5S. The summed E-state index contributed by atoms with van der Waals surface area (Å²) in [5.74, 6) is -0.525. The molecule has 1 saturated carbocycles. The summed E-state index contributed by atoms with van der Waals surface area (Å²) in [6, 6.07) is 7.88. The van der Waals surface area contributed by atoms with Crippen LogP contribution in [0.25, 0.3) is 0 Å². The average Bonchev–Trinajstić information content (AvgIpc) is 3.39. The van der Waals surface area contributed by atoms with Gasteiger partial charge in [0.05, 0.1) is 17.7 Å².